The predicted molar refractivity (Wildman–Crippen MR) is 118 cm³/mol. The van der Waals surface area contributed by atoms with E-state index in [1.54, 1.807) is 6.92 Å². The molecular weight excluding hydrogens is 426 g/mol. The average molecular weight is 449 g/mol. The van der Waals surface area contributed by atoms with Crippen molar-refractivity contribution in [1.29, 1.82) is 0 Å². The minimum atomic E-state index is -1.12. The monoisotopic (exact) mass is 449 g/mol. The van der Waals surface area contributed by atoms with Gasteiger partial charge >= 0.3 is 12.1 Å². The minimum absolute atomic E-state index is 0.0255. The first-order valence-electron chi connectivity index (χ1n) is 10.5. The van der Waals surface area contributed by atoms with Crippen molar-refractivity contribution < 1.29 is 28.8 Å². The number of nitrogens with one attached hydrogen (secondary N) is 1. The molecular formula is C24H23N3O6. The maximum Gasteiger partial charge on any atom is 0.407 e. The molecule has 1 aromatic heterocycles. The number of rotatable bonds is 8. The number of aromatic nitrogens is 1. The first kappa shape index (κ1) is 22.1. The summed E-state index contributed by atoms with van der Waals surface area (Å²) in [5, 5.41) is 15.2. The lowest BCUT2D eigenvalue weighted by Crippen LogP contribution is -2.35. The number of likely N-dealkylation sites (N-methyl/N-ethyl adjacent to an activating group) is 1. The van der Waals surface area contributed by atoms with Crippen molar-refractivity contribution in [3.05, 3.63) is 77.2 Å². The van der Waals surface area contributed by atoms with Crippen LogP contribution in [-0.2, 0) is 16.1 Å². The number of ether oxygens (including phenoxy) is 1. The summed E-state index contributed by atoms with van der Waals surface area (Å²) in [5.41, 5.74) is 4.50. The van der Waals surface area contributed by atoms with Crippen LogP contribution in [0.1, 0.15) is 40.2 Å². The number of nitrogens with zero attached hydrogens (tertiary/aromatic N) is 2. The zero-order chi connectivity index (χ0) is 23.4. The van der Waals surface area contributed by atoms with Crippen LogP contribution >= 0.6 is 0 Å². The van der Waals surface area contributed by atoms with E-state index in [4.69, 9.17) is 14.4 Å². The Morgan fingerprint density at radius 2 is 1.73 bits per heavy atom. The van der Waals surface area contributed by atoms with Gasteiger partial charge < -0.3 is 24.6 Å². The van der Waals surface area contributed by atoms with E-state index in [2.05, 4.69) is 22.6 Å². The average Bonchev–Trinajstić information content (AvgIpc) is 3.42. The van der Waals surface area contributed by atoms with Crippen LogP contribution in [0.4, 0.5) is 4.79 Å². The van der Waals surface area contributed by atoms with Gasteiger partial charge in [-0.05, 0) is 29.2 Å². The highest BCUT2D eigenvalue weighted by molar-refractivity contribution is 5.94. The van der Waals surface area contributed by atoms with Crippen LogP contribution in [0, 0.1) is 0 Å². The highest BCUT2D eigenvalue weighted by Crippen LogP contribution is 2.44. The highest BCUT2D eigenvalue weighted by atomic mass is 16.5. The van der Waals surface area contributed by atoms with E-state index in [0.717, 1.165) is 27.2 Å². The van der Waals surface area contributed by atoms with Crippen LogP contribution in [0.25, 0.3) is 11.1 Å². The molecule has 9 heteroatoms. The molecule has 0 saturated heterocycles. The number of fused-ring (bicyclic) bond motifs is 3. The lowest BCUT2D eigenvalue weighted by Gasteiger charge is -2.16. The van der Waals surface area contributed by atoms with Gasteiger partial charge in [0.1, 0.15) is 13.2 Å². The number of hydrogen-bond acceptors (Lipinski definition) is 6. The molecule has 0 atom stereocenters. The molecule has 1 heterocycles. The Morgan fingerprint density at radius 1 is 1.09 bits per heavy atom. The van der Waals surface area contributed by atoms with Gasteiger partial charge in [0.05, 0.1) is 6.54 Å². The second-order valence-corrected chi connectivity index (χ2v) is 7.57. The second kappa shape index (κ2) is 9.56. The van der Waals surface area contributed by atoms with Crippen LogP contribution in [0.5, 0.6) is 0 Å². The van der Waals surface area contributed by atoms with Crippen molar-refractivity contribution in [2.24, 2.45) is 0 Å². The molecule has 1 aliphatic rings. The number of carbonyl (C=O) groups is 3. The minimum Gasteiger partial charge on any atom is -0.480 e. The van der Waals surface area contributed by atoms with Crippen LogP contribution in [-0.4, -0.2) is 52.8 Å². The van der Waals surface area contributed by atoms with E-state index < -0.39 is 24.5 Å². The van der Waals surface area contributed by atoms with E-state index in [1.807, 2.05) is 36.4 Å². The van der Waals surface area contributed by atoms with Gasteiger partial charge in [0.15, 0.2) is 11.5 Å². The van der Waals surface area contributed by atoms with Gasteiger partial charge in [-0.1, -0.05) is 53.7 Å². The standard InChI is InChI=1S/C24H23N3O6/c1-2-27(13-22(28)29)23(30)21-11-15(33-26-21)12-25-24(31)32-14-20-18-9-5-3-7-16(18)17-8-4-6-10-19(17)20/h3-11,20H,2,12-14H2,1H3,(H,25,31)(H,28,29). The third-order valence-corrected chi connectivity index (χ3v) is 5.52. The second-order valence-electron chi connectivity index (χ2n) is 7.57. The lowest BCUT2D eigenvalue weighted by atomic mass is 9.98. The maximum absolute atomic E-state index is 12.3. The molecule has 33 heavy (non-hydrogen) atoms. The molecule has 1 aliphatic carbocycles. The molecule has 0 fully saturated rings. The summed E-state index contributed by atoms with van der Waals surface area (Å²) in [4.78, 5) is 36.6. The number of alkyl carbamates (subject to hydrolysis) is 1. The largest absolute Gasteiger partial charge is 0.480 e. The Balaban J connectivity index is 1.33. The SMILES string of the molecule is CCN(CC(=O)O)C(=O)c1cc(CNC(=O)OCC2c3ccccc3-c3ccccc32)on1. The number of carbonyl (C=O) groups excluding carboxylic acids is 2. The number of carboxylic acids is 1. The number of hydrogen-bond donors (Lipinski definition) is 2. The van der Waals surface area contributed by atoms with E-state index in [1.165, 1.54) is 6.07 Å². The Morgan fingerprint density at radius 3 is 2.33 bits per heavy atom. The summed E-state index contributed by atoms with van der Waals surface area (Å²) in [7, 11) is 0. The maximum atomic E-state index is 12.3. The van der Waals surface area contributed by atoms with Gasteiger partial charge in [-0.3, -0.25) is 9.59 Å². The van der Waals surface area contributed by atoms with Crippen LogP contribution in [0.15, 0.2) is 59.1 Å². The molecule has 0 bridgehead atoms. The summed E-state index contributed by atoms with van der Waals surface area (Å²) in [6.45, 7) is 1.60. The predicted octanol–water partition coefficient (Wildman–Crippen LogP) is 3.26. The van der Waals surface area contributed by atoms with Crippen molar-refractivity contribution >= 4 is 18.0 Å². The summed E-state index contributed by atoms with van der Waals surface area (Å²) in [6.07, 6.45) is -0.623. The molecule has 0 aliphatic heterocycles. The fourth-order valence-corrected chi connectivity index (χ4v) is 3.96. The third kappa shape index (κ3) is 4.72. The van der Waals surface area contributed by atoms with Crippen LogP contribution in [0.2, 0.25) is 0 Å². The first-order chi connectivity index (χ1) is 16.0. The molecule has 170 valence electrons. The molecule has 2 aromatic carbocycles. The Hall–Kier alpha value is -4.14. The zero-order valence-electron chi connectivity index (χ0n) is 18.0. The zero-order valence-corrected chi connectivity index (χ0v) is 18.0. The quantitative estimate of drug-likeness (QED) is 0.541. The fourth-order valence-electron chi connectivity index (χ4n) is 3.96. The molecule has 2 N–H and O–H groups in total. The summed E-state index contributed by atoms with van der Waals surface area (Å²) < 4.78 is 10.6. The molecule has 0 saturated carbocycles. The fraction of sp³-hybridized carbons (Fsp3) is 0.250. The Labute approximate surface area is 189 Å². The van der Waals surface area contributed by atoms with Crippen molar-refractivity contribution in [2.45, 2.75) is 19.4 Å². The Kier molecular flexibility index (Phi) is 6.39. The van der Waals surface area contributed by atoms with E-state index >= 15 is 0 Å². The molecule has 0 unspecified atom stereocenters. The number of benzene rings is 2. The number of carboxylic acid groups (broad SMARTS) is 1. The summed E-state index contributed by atoms with van der Waals surface area (Å²) in [5.74, 6) is -1.48. The molecule has 3 aromatic rings. The van der Waals surface area contributed by atoms with Crippen molar-refractivity contribution in [3.63, 3.8) is 0 Å². The number of amides is 2. The molecule has 2 amide bonds. The molecule has 0 radical (unpaired) electrons. The van der Waals surface area contributed by atoms with Gasteiger partial charge in [-0.25, -0.2) is 4.79 Å². The van der Waals surface area contributed by atoms with E-state index in [9.17, 15) is 14.4 Å². The van der Waals surface area contributed by atoms with Crippen molar-refractivity contribution in [1.82, 2.24) is 15.4 Å². The van der Waals surface area contributed by atoms with Gasteiger partial charge in [-0.2, -0.15) is 0 Å². The van der Waals surface area contributed by atoms with Gasteiger partial charge in [-0.15, -0.1) is 0 Å². The van der Waals surface area contributed by atoms with Gasteiger partial charge in [0, 0.05) is 18.5 Å². The smallest absolute Gasteiger partial charge is 0.407 e. The topological polar surface area (TPSA) is 122 Å². The normalized spacial score (nSPS) is 12.0. The molecule has 0 spiro atoms. The summed E-state index contributed by atoms with van der Waals surface area (Å²) >= 11 is 0. The van der Waals surface area contributed by atoms with E-state index in [-0.39, 0.29) is 37.1 Å². The van der Waals surface area contributed by atoms with Crippen LogP contribution < -0.4 is 5.32 Å². The first-order valence-corrected chi connectivity index (χ1v) is 10.5. The summed E-state index contributed by atoms with van der Waals surface area (Å²) in [6, 6.07) is 17.5. The third-order valence-electron chi connectivity index (χ3n) is 5.52. The van der Waals surface area contributed by atoms with Crippen molar-refractivity contribution in [3.8, 4) is 11.1 Å². The lowest BCUT2D eigenvalue weighted by molar-refractivity contribution is -0.137. The molecule has 4 rings (SSSR count). The number of aliphatic carboxylic acids is 1. The van der Waals surface area contributed by atoms with Crippen LogP contribution in [0.3, 0.4) is 0 Å². The van der Waals surface area contributed by atoms with Crippen molar-refractivity contribution in [2.75, 3.05) is 19.7 Å². The molecule has 9 nitrogen and oxygen atoms in total. The van der Waals surface area contributed by atoms with Gasteiger partial charge in [0.25, 0.3) is 5.91 Å². The van der Waals surface area contributed by atoms with E-state index in [0.29, 0.717) is 0 Å². The Bertz CT molecular complexity index is 1140. The van der Waals surface area contributed by atoms with Gasteiger partial charge in [0.2, 0.25) is 0 Å². The highest BCUT2D eigenvalue weighted by Gasteiger charge is 2.29.